The van der Waals surface area contributed by atoms with Crippen molar-refractivity contribution in [1.29, 1.82) is 0 Å². The van der Waals surface area contributed by atoms with Gasteiger partial charge in [-0.15, -0.1) is 11.3 Å². The van der Waals surface area contributed by atoms with Crippen LogP contribution < -0.4 is 25.3 Å². The highest BCUT2D eigenvalue weighted by Crippen LogP contribution is 2.38. The molecule has 4 rings (SSSR count). The normalized spacial score (nSPS) is 10.9. The van der Waals surface area contributed by atoms with Gasteiger partial charge in [-0.25, -0.2) is 4.98 Å². The minimum absolute atomic E-state index is 0.283. The van der Waals surface area contributed by atoms with Crippen LogP contribution in [0.5, 0.6) is 17.2 Å². The number of rotatable bonds is 5. The molecule has 8 heteroatoms. The first-order valence-corrected chi connectivity index (χ1v) is 9.56. The van der Waals surface area contributed by atoms with E-state index >= 15 is 0 Å². The number of pyridine rings is 1. The number of anilines is 2. The Kier molecular flexibility index (Phi) is 4.85. The van der Waals surface area contributed by atoms with E-state index in [0.29, 0.717) is 38.3 Å². The van der Waals surface area contributed by atoms with Crippen molar-refractivity contribution in [3.63, 3.8) is 0 Å². The van der Waals surface area contributed by atoms with Gasteiger partial charge in [0, 0.05) is 22.5 Å². The molecule has 1 amide bonds. The number of nitrogens with two attached hydrogens (primary N) is 1. The van der Waals surface area contributed by atoms with Gasteiger partial charge in [-0.1, -0.05) is 0 Å². The number of amides is 1. The van der Waals surface area contributed by atoms with Gasteiger partial charge in [-0.05, 0) is 36.4 Å². The molecule has 0 spiro atoms. The predicted octanol–water partition coefficient (Wildman–Crippen LogP) is 4.31. The van der Waals surface area contributed by atoms with Gasteiger partial charge >= 0.3 is 0 Å². The summed E-state index contributed by atoms with van der Waals surface area (Å²) in [6.45, 7) is 0. The molecule has 7 nitrogen and oxygen atoms in total. The van der Waals surface area contributed by atoms with Crippen LogP contribution >= 0.6 is 11.3 Å². The molecule has 2 aromatic heterocycles. The lowest BCUT2D eigenvalue weighted by molar-refractivity contribution is 0.103. The number of nitrogens with one attached hydrogen (secondary N) is 1. The average Bonchev–Trinajstić information content (AvgIpc) is 3.07. The summed E-state index contributed by atoms with van der Waals surface area (Å²) in [5.41, 5.74) is 8.08. The fourth-order valence-corrected chi connectivity index (χ4v) is 4.04. The first kappa shape index (κ1) is 18.8. The topological polar surface area (TPSA) is 95.7 Å². The lowest BCUT2D eigenvalue weighted by atomic mass is 10.1. The summed E-state index contributed by atoms with van der Waals surface area (Å²) in [7, 11) is 4.75. The summed E-state index contributed by atoms with van der Waals surface area (Å²) in [6.07, 6.45) is 0. The Hall–Kier alpha value is -3.52. The van der Waals surface area contributed by atoms with Gasteiger partial charge in [0.2, 0.25) is 0 Å². The molecule has 0 radical (unpaired) electrons. The molecule has 2 heterocycles. The van der Waals surface area contributed by atoms with Crippen LogP contribution in [0.2, 0.25) is 0 Å². The zero-order chi connectivity index (χ0) is 20.5. The van der Waals surface area contributed by atoms with Crippen molar-refractivity contribution in [2.24, 2.45) is 0 Å². The maximum Gasteiger partial charge on any atom is 0.267 e. The quantitative estimate of drug-likeness (QED) is 0.510. The number of carbonyl (C=O) groups excluding carboxylic acids is 1. The first-order valence-electron chi connectivity index (χ1n) is 8.74. The van der Waals surface area contributed by atoms with Crippen LogP contribution in [0.15, 0.2) is 42.5 Å². The number of hydrogen-bond acceptors (Lipinski definition) is 7. The van der Waals surface area contributed by atoms with Gasteiger partial charge in [0.15, 0.2) is 11.5 Å². The Bertz CT molecular complexity index is 1220. The number of aromatic nitrogens is 1. The lowest BCUT2D eigenvalue weighted by Gasteiger charge is -2.08. The number of fused-ring (bicyclic) bond motifs is 2. The largest absolute Gasteiger partial charge is 0.497 e. The van der Waals surface area contributed by atoms with E-state index in [0.717, 1.165) is 16.3 Å². The predicted molar refractivity (Wildman–Crippen MR) is 116 cm³/mol. The van der Waals surface area contributed by atoms with Crippen LogP contribution in [0.1, 0.15) is 9.67 Å². The zero-order valence-corrected chi connectivity index (χ0v) is 16.9. The number of benzene rings is 2. The molecule has 3 N–H and O–H groups in total. The van der Waals surface area contributed by atoms with Gasteiger partial charge in [0.1, 0.15) is 15.5 Å². The lowest BCUT2D eigenvalue weighted by Crippen LogP contribution is -2.11. The van der Waals surface area contributed by atoms with Gasteiger partial charge in [0.25, 0.3) is 5.91 Å². The second-order valence-corrected chi connectivity index (χ2v) is 7.27. The molecule has 0 saturated heterocycles. The third kappa shape index (κ3) is 3.38. The van der Waals surface area contributed by atoms with E-state index in [1.807, 2.05) is 12.1 Å². The Morgan fingerprint density at radius 3 is 2.34 bits per heavy atom. The summed E-state index contributed by atoms with van der Waals surface area (Å²) in [5.74, 6) is 1.63. The van der Waals surface area contributed by atoms with Crippen molar-refractivity contribution < 1.29 is 19.0 Å². The molecular formula is C21H19N3O4S. The molecule has 29 heavy (non-hydrogen) atoms. The second kappa shape index (κ2) is 7.48. The van der Waals surface area contributed by atoms with Crippen molar-refractivity contribution in [2.45, 2.75) is 0 Å². The Labute approximate surface area is 171 Å². The summed E-state index contributed by atoms with van der Waals surface area (Å²) in [5, 5.41) is 4.44. The fourth-order valence-electron chi connectivity index (χ4n) is 3.06. The molecule has 0 bridgehead atoms. The maximum atomic E-state index is 12.8. The molecular weight excluding hydrogens is 390 g/mol. The second-order valence-electron chi connectivity index (χ2n) is 6.27. The third-order valence-corrected chi connectivity index (χ3v) is 5.69. The molecule has 0 saturated carbocycles. The van der Waals surface area contributed by atoms with Crippen LogP contribution in [-0.2, 0) is 0 Å². The number of ether oxygens (including phenoxy) is 3. The van der Waals surface area contributed by atoms with E-state index < -0.39 is 0 Å². The van der Waals surface area contributed by atoms with Crippen molar-refractivity contribution >= 4 is 49.7 Å². The molecule has 0 unspecified atom stereocenters. The number of carbonyl (C=O) groups is 1. The van der Waals surface area contributed by atoms with Crippen molar-refractivity contribution in [3.05, 3.63) is 47.3 Å². The minimum atomic E-state index is -0.283. The number of nitrogens with zero attached hydrogens (tertiary/aromatic N) is 1. The van der Waals surface area contributed by atoms with E-state index in [2.05, 4.69) is 10.3 Å². The number of hydrogen-bond donors (Lipinski definition) is 2. The highest BCUT2D eigenvalue weighted by molar-refractivity contribution is 7.21. The van der Waals surface area contributed by atoms with Crippen LogP contribution in [0.3, 0.4) is 0 Å². The summed E-state index contributed by atoms with van der Waals surface area (Å²) in [6, 6.07) is 12.7. The van der Waals surface area contributed by atoms with E-state index in [1.54, 1.807) is 51.7 Å². The van der Waals surface area contributed by atoms with Gasteiger partial charge in [-0.2, -0.15) is 0 Å². The smallest absolute Gasteiger partial charge is 0.267 e. The van der Waals surface area contributed by atoms with Crippen molar-refractivity contribution in [2.75, 3.05) is 32.4 Å². The number of thiophene rings is 1. The van der Waals surface area contributed by atoms with E-state index in [1.165, 1.54) is 11.3 Å². The van der Waals surface area contributed by atoms with Crippen LogP contribution in [-0.4, -0.2) is 32.2 Å². The van der Waals surface area contributed by atoms with Crippen LogP contribution in [0.25, 0.3) is 21.1 Å². The van der Waals surface area contributed by atoms with Crippen LogP contribution in [0.4, 0.5) is 11.4 Å². The Balaban J connectivity index is 1.73. The number of nitrogen functional groups attached to an aromatic ring is 1. The average molecular weight is 409 g/mol. The molecule has 148 valence electrons. The molecule has 2 aromatic carbocycles. The summed E-state index contributed by atoms with van der Waals surface area (Å²) < 4.78 is 15.8. The first-order chi connectivity index (χ1) is 14.0. The number of methoxy groups -OCH3 is 3. The van der Waals surface area contributed by atoms with Crippen molar-refractivity contribution in [1.82, 2.24) is 4.98 Å². The molecule has 0 fully saturated rings. The standard InChI is InChI=1S/C21H19N3O4S/c1-26-13-6-4-12(5-7-13)23-20(25)19-18(22)14-8-11-9-16(27-2)17(28-3)10-15(11)24-21(14)29-19/h4-10H,22H2,1-3H3,(H,23,25). The minimum Gasteiger partial charge on any atom is -0.497 e. The summed E-state index contributed by atoms with van der Waals surface area (Å²) >= 11 is 1.25. The third-order valence-electron chi connectivity index (χ3n) is 4.57. The molecule has 4 aromatic rings. The van der Waals surface area contributed by atoms with Gasteiger partial charge < -0.3 is 25.3 Å². The maximum absolute atomic E-state index is 12.8. The highest BCUT2D eigenvalue weighted by atomic mass is 32.1. The van der Waals surface area contributed by atoms with Gasteiger partial charge in [-0.3, -0.25) is 4.79 Å². The monoisotopic (exact) mass is 409 g/mol. The molecule has 0 aliphatic heterocycles. The summed E-state index contributed by atoms with van der Waals surface area (Å²) in [4.78, 5) is 18.5. The van der Waals surface area contributed by atoms with E-state index in [4.69, 9.17) is 19.9 Å². The SMILES string of the molecule is COc1ccc(NC(=O)c2sc3nc4cc(OC)c(OC)cc4cc3c2N)cc1. The Morgan fingerprint density at radius 2 is 1.69 bits per heavy atom. The van der Waals surface area contributed by atoms with Crippen molar-refractivity contribution in [3.8, 4) is 17.2 Å². The van der Waals surface area contributed by atoms with Crippen LogP contribution in [0, 0.1) is 0 Å². The molecule has 0 atom stereocenters. The fraction of sp³-hybridized carbons (Fsp3) is 0.143. The Morgan fingerprint density at radius 1 is 1.00 bits per heavy atom. The van der Waals surface area contributed by atoms with E-state index in [9.17, 15) is 4.79 Å². The van der Waals surface area contributed by atoms with Gasteiger partial charge in [0.05, 0.1) is 32.5 Å². The molecule has 0 aliphatic carbocycles. The highest BCUT2D eigenvalue weighted by Gasteiger charge is 2.19. The van der Waals surface area contributed by atoms with E-state index in [-0.39, 0.29) is 5.91 Å². The zero-order valence-electron chi connectivity index (χ0n) is 16.1. The molecule has 0 aliphatic rings.